The molecule has 0 unspecified atom stereocenters. The first-order valence-corrected chi connectivity index (χ1v) is 10.1. The second-order valence-electron chi connectivity index (χ2n) is 9.53. The van der Waals surface area contributed by atoms with Crippen molar-refractivity contribution in [2.45, 2.75) is 64.2 Å². The number of fused-ring (bicyclic) bond motifs is 4. The number of hydrogen-bond acceptors (Lipinski definition) is 1. The van der Waals surface area contributed by atoms with E-state index in [1.165, 1.54) is 19.6 Å². The van der Waals surface area contributed by atoms with Gasteiger partial charge >= 0.3 is 0 Å². The van der Waals surface area contributed by atoms with Gasteiger partial charge in [0.05, 0.1) is 0 Å². The highest BCUT2D eigenvalue weighted by atomic mass is 15.1. The van der Waals surface area contributed by atoms with Gasteiger partial charge in [-0.25, -0.2) is 0 Å². The summed E-state index contributed by atoms with van der Waals surface area (Å²) >= 11 is 0. The van der Waals surface area contributed by atoms with Gasteiger partial charge in [0.15, 0.2) is 0 Å². The third-order valence-electron chi connectivity index (χ3n) is 8.20. The molecule has 0 aromatic heterocycles. The van der Waals surface area contributed by atoms with Crippen LogP contribution in [0.5, 0.6) is 0 Å². The zero-order chi connectivity index (χ0) is 13.8. The summed E-state index contributed by atoms with van der Waals surface area (Å²) in [4.78, 5) is 2.89. The highest BCUT2D eigenvalue weighted by molar-refractivity contribution is 4.98. The molecule has 2 heterocycles. The molecule has 5 saturated carbocycles. The highest BCUT2D eigenvalue weighted by Gasteiger charge is 2.47. The molecule has 5 aliphatic carbocycles. The Hall–Kier alpha value is -0.0400. The van der Waals surface area contributed by atoms with Gasteiger partial charge < -0.3 is 4.90 Å². The van der Waals surface area contributed by atoms with Crippen molar-refractivity contribution in [2.75, 3.05) is 19.6 Å². The van der Waals surface area contributed by atoms with Crippen LogP contribution in [0.15, 0.2) is 0 Å². The zero-order valence-electron chi connectivity index (χ0n) is 13.7. The molecular weight excluding hydrogens is 254 g/mol. The average Bonchev–Trinajstić information content (AvgIpc) is 2.78. The maximum Gasteiger partial charge on any atom is 0.000978 e. The second kappa shape index (κ2) is 5.25. The molecule has 0 N–H and O–H groups in total. The summed E-state index contributed by atoms with van der Waals surface area (Å²) in [5, 5.41) is 0. The molecule has 0 amide bonds. The molecule has 0 aromatic carbocycles. The third kappa shape index (κ3) is 2.48. The van der Waals surface area contributed by atoms with E-state index >= 15 is 0 Å². The van der Waals surface area contributed by atoms with E-state index in [4.69, 9.17) is 0 Å². The fourth-order valence-electron chi connectivity index (χ4n) is 7.42. The molecule has 2 aliphatic heterocycles. The summed E-state index contributed by atoms with van der Waals surface area (Å²) in [5.74, 6) is 7.83. The van der Waals surface area contributed by atoms with Crippen LogP contribution in [-0.4, -0.2) is 24.5 Å². The van der Waals surface area contributed by atoms with Crippen molar-refractivity contribution >= 4 is 0 Å². The molecule has 7 aliphatic rings. The zero-order valence-corrected chi connectivity index (χ0v) is 13.7. The molecule has 118 valence electrons. The van der Waals surface area contributed by atoms with E-state index in [-0.39, 0.29) is 0 Å². The SMILES string of the molecule is C1CC2CCC1CN(CCC1C3CC4CC(C3)CC1C4)C2. The second-order valence-corrected chi connectivity index (χ2v) is 9.53. The van der Waals surface area contributed by atoms with Crippen molar-refractivity contribution in [1.82, 2.24) is 4.90 Å². The summed E-state index contributed by atoms with van der Waals surface area (Å²) in [5.41, 5.74) is 0. The van der Waals surface area contributed by atoms with Crippen LogP contribution in [-0.2, 0) is 0 Å². The van der Waals surface area contributed by atoms with Crippen LogP contribution in [0.4, 0.5) is 0 Å². The number of hydrogen-bond donors (Lipinski definition) is 0. The summed E-state index contributed by atoms with van der Waals surface area (Å²) in [6, 6.07) is 0. The lowest BCUT2D eigenvalue weighted by Gasteiger charge is -2.55. The fraction of sp³-hybridized carbons (Fsp3) is 1.00. The van der Waals surface area contributed by atoms with Gasteiger partial charge in [-0.2, -0.15) is 0 Å². The van der Waals surface area contributed by atoms with Gasteiger partial charge in [-0.3, -0.25) is 0 Å². The quantitative estimate of drug-likeness (QED) is 0.735. The van der Waals surface area contributed by atoms with Crippen LogP contribution in [0.25, 0.3) is 0 Å². The normalized spacial score (nSPS) is 52.3. The van der Waals surface area contributed by atoms with Crippen molar-refractivity contribution in [3.8, 4) is 0 Å². The molecule has 0 aromatic rings. The standard InChI is InChI=1S/C20H33N/c1-2-15-4-3-14(1)12-21(13-15)6-5-20-18-8-16-7-17(10-18)11-19(20)9-16/h14-20H,1-13H2. The number of nitrogens with zero attached hydrogens (tertiary/aromatic N) is 1. The third-order valence-corrected chi connectivity index (χ3v) is 8.20. The first kappa shape index (κ1) is 13.4. The first-order chi connectivity index (χ1) is 10.3. The Kier molecular flexibility index (Phi) is 3.35. The Morgan fingerprint density at radius 2 is 1.14 bits per heavy atom. The largest absolute Gasteiger partial charge is 0.303 e. The summed E-state index contributed by atoms with van der Waals surface area (Å²) in [6.45, 7) is 4.34. The van der Waals surface area contributed by atoms with Gasteiger partial charge in [0.2, 0.25) is 0 Å². The lowest BCUT2D eigenvalue weighted by Crippen LogP contribution is -2.46. The maximum absolute atomic E-state index is 2.89. The van der Waals surface area contributed by atoms with Gasteiger partial charge in [-0.1, -0.05) is 0 Å². The van der Waals surface area contributed by atoms with E-state index in [1.54, 1.807) is 64.2 Å². The monoisotopic (exact) mass is 287 g/mol. The van der Waals surface area contributed by atoms with Crippen LogP contribution >= 0.6 is 0 Å². The first-order valence-electron chi connectivity index (χ1n) is 10.1. The molecule has 0 atom stereocenters. The molecule has 1 nitrogen and oxygen atoms in total. The molecule has 7 rings (SSSR count). The molecule has 7 fully saturated rings. The van der Waals surface area contributed by atoms with Crippen molar-refractivity contribution in [2.24, 2.45) is 41.4 Å². The summed E-state index contributed by atoms with van der Waals surface area (Å²) < 4.78 is 0. The van der Waals surface area contributed by atoms with Crippen LogP contribution in [0.1, 0.15) is 64.2 Å². The van der Waals surface area contributed by atoms with Crippen molar-refractivity contribution in [1.29, 1.82) is 0 Å². The van der Waals surface area contributed by atoms with E-state index < -0.39 is 0 Å². The minimum absolute atomic E-state index is 1.06. The van der Waals surface area contributed by atoms with Crippen LogP contribution < -0.4 is 0 Å². The Bertz CT molecular complexity index is 339. The highest BCUT2D eigenvalue weighted by Crippen LogP contribution is 2.57. The van der Waals surface area contributed by atoms with Crippen molar-refractivity contribution in [3.05, 3.63) is 0 Å². The smallest absolute Gasteiger partial charge is 0.000978 e. The molecule has 21 heavy (non-hydrogen) atoms. The van der Waals surface area contributed by atoms with Crippen molar-refractivity contribution in [3.63, 3.8) is 0 Å². The molecule has 2 saturated heterocycles. The Labute approximate surface area is 130 Å². The molecule has 1 heteroatoms. The van der Waals surface area contributed by atoms with E-state index in [0.29, 0.717) is 0 Å². The average molecular weight is 287 g/mol. The van der Waals surface area contributed by atoms with E-state index in [0.717, 1.165) is 41.4 Å². The lowest BCUT2D eigenvalue weighted by atomic mass is 9.51. The van der Waals surface area contributed by atoms with Gasteiger partial charge in [0.25, 0.3) is 0 Å². The minimum atomic E-state index is 1.06. The Morgan fingerprint density at radius 3 is 1.67 bits per heavy atom. The van der Waals surface area contributed by atoms with E-state index in [9.17, 15) is 0 Å². The minimum Gasteiger partial charge on any atom is -0.303 e. The van der Waals surface area contributed by atoms with E-state index in [1.807, 2.05) is 0 Å². The van der Waals surface area contributed by atoms with Crippen LogP contribution in [0.2, 0.25) is 0 Å². The summed E-state index contributed by atoms with van der Waals surface area (Å²) in [7, 11) is 0. The van der Waals surface area contributed by atoms with E-state index in [2.05, 4.69) is 4.90 Å². The van der Waals surface area contributed by atoms with Crippen LogP contribution in [0, 0.1) is 41.4 Å². The predicted octanol–water partition coefficient (Wildman–Crippen LogP) is 4.57. The van der Waals surface area contributed by atoms with Crippen molar-refractivity contribution < 1.29 is 0 Å². The fourth-order valence-corrected chi connectivity index (χ4v) is 7.42. The molecule has 0 radical (unpaired) electrons. The van der Waals surface area contributed by atoms with Gasteiger partial charge in [-0.05, 0) is 112 Å². The van der Waals surface area contributed by atoms with Gasteiger partial charge in [0.1, 0.15) is 0 Å². The lowest BCUT2D eigenvalue weighted by molar-refractivity contribution is -0.0428. The summed E-state index contributed by atoms with van der Waals surface area (Å²) in [6.07, 6.45) is 15.8. The molecule has 0 spiro atoms. The Balaban J connectivity index is 1.21. The topological polar surface area (TPSA) is 3.24 Å². The van der Waals surface area contributed by atoms with Crippen LogP contribution in [0.3, 0.4) is 0 Å². The van der Waals surface area contributed by atoms with Gasteiger partial charge in [-0.15, -0.1) is 0 Å². The van der Waals surface area contributed by atoms with Gasteiger partial charge in [0, 0.05) is 13.1 Å². The Morgan fingerprint density at radius 1 is 0.619 bits per heavy atom. The number of rotatable bonds is 3. The maximum atomic E-state index is 2.89. The predicted molar refractivity (Wildman–Crippen MR) is 87.0 cm³/mol. The molecular formula is C20H33N. The molecule has 6 bridgehead atoms.